The molecule has 0 atom stereocenters. The van der Waals surface area contributed by atoms with Gasteiger partial charge in [0.25, 0.3) is 0 Å². The van der Waals surface area contributed by atoms with Crippen LogP contribution < -0.4 is 0 Å². The Kier molecular flexibility index (Phi) is 6.34. The monoisotopic (exact) mass is 698 g/mol. The molecule has 0 radical (unpaired) electrons. The summed E-state index contributed by atoms with van der Waals surface area (Å²) in [5, 5.41) is 16.2. The number of fused-ring (bicyclic) bond motifs is 3. The average molecular weight is 699 g/mol. The van der Waals surface area contributed by atoms with Gasteiger partial charge in [0.05, 0.1) is 11.4 Å². The van der Waals surface area contributed by atoms with Crippen molar-refractivity contribution in [3.63, 3.8) is 0 Å². The third-order valence-corrected chi connectivity index (χ3v) is 11.4. The first-order valence-electron chi connectivity index (χ1n) is 18.7. The van der Waals surface area contributed by atoms with Crippen LogP contribution in [-0.2, 0) is 0 Å². The van der Waals surface area contributed by atoms with Crippen LogP contribution in [0, 0.1) is 0 Å². The van der Waals surface area contributed by atoms with E-state index in [0.717, 1.165) is 50.4 Å². The summed E-state index contributed by atoms with van der Waals surface area (Å²) in [5.41, 5.74) is 6.70. The van der Waals surface area contributed by atoms with Crippen molar-refractivity contribution >= 4 is 75.6 Å². The van der Waals surface area contributed by atoms with Crippen LogP contribution in [0.3, 0.4) is 0 Å². The van der Waals surface area contributed by atoms with Crippen molar-refractivity contribution < 1.29 is 4.42 Å². The minimum Gasteiger partial charge on any atom is -0.456 e. The van der Waals surface area contributed by atoms with E-state index in [0.29, 0.717) is 5.82 Å². The van der Waals surface area contributed by atoms with Gasteiger partial charge < -0.3 is 4.42 Å². The van der Waals surface area contributed by atoms with Gasteiger partial charge in [-0.3, -0.25) is 0 Å². The van der Waals surface area contributed by atoms with Gasteiger partial charge in [-0.2, -0.15) is 0 Å². The van der Waals surface area contributed by atoms with E-state index < -0.39 is 0 Å². The molecule has 0 unspecified atom stereocenters. The second-order valence-corrected chi connectivity index (χ2v) is 14.5. The quantitative estimate of drug-likeness (QED) is 0.172. The summed E-state index contributed by atoms with van der Waals surface area (Å²) in [6.07, 6.45) is 0. The lowest BCUT2D eigenvalue weighted by Gasteiger charge is -2.17. The number of nitrogens with zero attached hydrogens (tertiary/aromatic N) is 2. The highest BCUT2D eigenvalue weighted by molar-refractivity contribution is 6.37. The van der Waals surface area contributed by atoms with E-state index >= 15 is 0 Å². The molecule has 0 aliphatic rings. The van der Waals surface area contributed by atoms with E-state index in [1.54, 1.807) is 0 Å². The maximum Gasteiger partial charge on any atom is 0.160 e. The van der Waals surface area contributed by atoms with Crippen molar-refractivity contribution in [2.45, 2.75) is 0 Å². The van der Waals surface area contributed by atoms with Gasteiger partial charge >= 0.3 is 0 Å². The predicted molar refractivity (Wildman–Crippen MR) is 230 cm³/mol. The van der Waals surface area contributed by atoms with Crippen molar-refractivity contribution in [3.8, 4) is 45.2 Å². The number of hydrogen-bond acceptors (Lipinski definition) is 3. The molecule has 0 N–H and O–H groups in total. The van der Waals surface area contributed by atoms with Crippen LogP contribution in [0.5, 0.6) is 0 Å². The topological polar surface area (TPSA) is 38.9 Å². The molecule has 55 heavy (non-hydrogen) atoms. The van der Waals surface area contributed by atoms with Gasteiger partial charge in [0, 0.05) is 27.6 Å². The van der Waals surface area contributed by atoms with Gasteiger partial charge in [-0.25, -0.2) is 9.97 Å². The summed E-state index contributed by atoms with van der Waals surface area (Å²) in [7, 11) is 0. The highest BCUT2D eigenvalue weighted by atomic mass is 16.3. The fourth-order valence-corrected chi connectivity index (χ4v) is 8.82. The first-order valence-corrected chi connectivity index (χ1v) is 18.7. The summed E-state index contributed by atoms with van der Waals surface area (Å²) in [6, 6.07) is 65.1. The second-order valence-electron chi connectivity index (χ2n) is 14.5. The molecule has 0 fully saturated rings. The van der Waals surface area contributed by atoms with E-state index in [1.807, 2.05) is 36.4 Å². The number of benzene rings is 9. The van der Waals surface area contributed by atoms with E-state index in [4.69, 9.17) is 14.4 Å². The Morgan fingerprint density at radius 3 is 1.49 bits per heavy atom. The predicted octanol–water partition coefficient (Wildman–Crippen LogP) is 14.2. The third-order valence-electron chi connectivity index (χ3n) is 11.4. The fourth-order valence-electron chi connectivity index (χ4n) is 8.82. The van der Waals surface area contributed by atoms with Crippen LogP contribution in [0.2, 0.25) is 0 Å². The first kappa shape index (κ1) is 30.1. The van der Waals surface area contributed by atoms with Crippen molar-refractivity contribution in [3.05, 3.63) is 182 Å². The summed E-state index contributed by atoms with van der Waals surface area (Å²) in [5.74, 6) is 1.54. The molecule has 2 heterocycles. The molecule has 3 nitrogen and oxygen atoms in total. The zero-order valence-corrected chi connectivity index (χ0v) is 29.6. The van der Waals surface area contributed by atoms with E-state index in [1.165, 1.54) is 64.6 Å². The number of para-hydroxylation sites is 1. The van der Waals surface area contributed by atoms with Crippen LogP contribution in [0.1, 0.15) is 0 Å². The SMILES string of the molecule is c1ccc(-c2nc(-c3ccc(-c4cc5ccccc5o4)cc3)cc(-c3cc4ccc5cccc6c7cccc8ccc9cccc(c(c3)c4c56)c9c87)n2)cc1. The largest absolute Gasteiger partial charge is 0.456 e. The highest BCUT2D eigenvalue weighted by Crippen LogP contribution is 2.44. The average Bonchev–Trinajstić information content (AvgIpc) is 3.69. The summed E-state index contributed by atoms with van der Waals surface area (Å²) < 4.78 is 6.19. The molecule has 12 rings (SSSR count). The summed E-state index contributed by atoms with van der Waals surface area (Å²) in [6.45, 7) is 0. The Balaban J connectivity index is 1.13. The van der Waals surface area contributed by atoms with E-state index in [-0.39, 0.29) is 0 Å². The van der Waals surface area contributed by atoms with Gasteiger partial charge in [0.1, 0.15) is 11.3 Å². The molecule has 2 aromatic heterocycles. The normalized spacial score (nSPS) is 12.0. The van der Waals surface area contributed by atoms with Crippen LogP contribution in [0.15, 0.2) is 186 Å². The van der Waals surface area contributed by atoms with E-state index in [2.05, 4.69) is 146 Å². The zero-order valence-electron chi connectivity index (χ0n) is 29.6. The summed E-state index contributed by atoms with van der Waals surface area (Å²) in [4.78, 5) is 10.5. The molecule has 254 valence electrons. The number of aromatic nitrogens is 2. The highest BCUT2D eigenvalue weighted by Gasteiger charge is 2.18. The molecule has 0 saturated heterocycles. The van der Waals surface area contributed by atoms with Crippen LogP contribution >= 0.6 is 0 Å². The molecular formula is C52H30N2O. The van der Waals surface area contributed by atoms with Crippen molar-refractivity contribution in [1.82, 2.24) is 9.97 Å². The van der Waals surface area contributed by atoms with Crippen molar-refractivity contribution in [2.24, 2.45) is 0 Å². The molecule has 0 spiro atoms. The minimum absolute atomic E-state index is 0.693. The molecule has 12 aromatic rings. The van der Waals surface area contributed by atoms with Crippen LogP contribution in [0.4, 0.5) is 0 Å². The van der Waals surface area contributed by atoms with E-state index in [9.17, 15) is 0 Å². The Hall–Kier alpha value is -7.36. The lowest BCUT2D eigenvalue weighted by molar-refractivity contribution is 0.631. The van der Waals surface area contributed by atoms with Gasteiger partial charge in [-0.1, -0.05) is 152 Å². The van der Waals surface area contributed by atoms with Gasteiger partial charge in [0.15, 0.2) is 5.82 Å². The molecule has 0 aliphatic heterocycles. The Morgan fingerprint density at radius 2 is 0.836 bits per heavy atom. The lowest BCUT2D eigenvalue weighted by atomic mass is 9.87. The summed E-state index contributed by atoms with van der Waals surface area (Å²) >= 11 is 0. The lowest BCUT2D eigenvalue weighted by Crippen LogP contribution is -1.96. The second kappa shape index (κ2) is 11.6. The maximum absolute atomic E-state index is 6.19. The molecule has 0 amide bonds. The smallest absolute Gasteiger partial charge is 0.160 e. The van der Waals surface area contributed by atoms with Gasteiger partial charge in [-0.15, -0.1) is 0 Å². The van der Waals surface area contributed by atoms with Crippen molar-refractivity contribution in [1.29, 1.82) is 0 Å². The fraction of sp³-hybridized carbons (Fsp3) is 0. The number of hydrogen-bond donors (Lipinski definition) is 0. The van der Waals surface area contributed by atoms with Gasteiger partial charge in [0.2, 0.25) is 0 Å². The molecule has 0 bridgehead atoms. The standard InChI is InChI=1S/C52H30N2O/c1-2-9-36(10-3-1)52-53-44(31-19-21-32(22-20-31)47-29-37-11-4-5-18-46(37)55-47)30-45(54-52)39-27-38-26-25-35-13-7-16-41-40-15-6-12-33-23-24-34-14-8-17-42(50(34)48(33)40)43(28-39)51(38)49(35)41/h1-30H. The first-order chi connectivity index (χ1) is 27.2. The number of furan rings is 1. The molecule has 3 heteroatoms. The molecular weight excluding hydrogens is 669 g/mol. The Bertz CT molecular complexity index is 3430. The Labute approximate surface area is 316 Å². The van der Waals surface area contributed by atoms with Crippen molar-refractivity contribution in [2.75, 3.05) is 0 Å². The maximum atomic E-state index is 6.19. The van der Waals surface area contributed by atoms with Crippen LogP contribution in [-0.4, -0.2) is 9.97 Å². The molecule has 0 aliphatic carbocycles. The molecule has 10 aromatic carbocycles. The molecule has 0 saturated carbocycles. The third kappa shape index (κ3) is 4.63. The number of rotatable bonds is 4. The van der Waals surface area contributed by atoms with Crippen LogP contribution in [0.25, 0.3) is 121 Å². The zero-order chi connectivity index (χ0) is 36.0. The minimum atomic E-state index is 0.693. The van der Waals surface area contributed by atoms with Gasteiger partial charge in [-0.05, 0) is 95.0 Å². The Morgan fingerprint density at radius 1 is 0.309 bits per heavy atom.